The Balaban J connectivity index is 3.14. The van der Waals surface area contributed by atoms with E-state index in [4.69, 9.17) is 17.3 Å². The molecule has 0 spiro atoms. The Morgan fingerprint density at radius 3 is 2.80 bits per heavy atom. The lowest BCUT2D eigenvalue weighted by atomic mass is 10.2. The van der Waals surface area contributed by atoms with Gasteiger partial charge in [0, 0.05) is 11.0 Å². The van der Waals surface area contributed by atoms with Crippen LogP contribution in [-0.4, -0.2) is 0 Å². The molecule has 0 unspecified atom stereocenters. The van der Waals surface area contributed by atoms with Gasteiger partial charge in [-0.2, -0.15) is 0 Å². The third-order valence-corrected chi connectivity index (χ3v) is 2.48. The highest BCUT2D eigenvalue weighted by molar-refractivity contribution is 9.10. The van der Waals surface area contributed by atoms with E-state index in [1.54, 1.807) is 12.1 Å². The van der Waals surface area contributed by atoms with Gasteiger partial charge in [0.15, 0.2) is 0 Å². The molecule has 1 nitrogen and oxygen atoms in total. The fourth-order valence-electron chi connectivity index (χ4n) is 0.644. The first-order valence-electron chi connectivity index (χ1n) is 2.79. The molecular weight excluding hydrogens is 213 g/mol. The summed E-state index contributed by atoms with van der Waals surface area (Å²) in [6.07, 6.45) is 0. The average molecular weight is 219 g/mol. The molecule has 0 aliphatic heterocycles. The predicted octanol–water partition coefficient (Wildman–Crippen LogP) is 2.36. The molecule has 0 amide bonds. The van der Waals surface area contributed by atoms with Gasteiger partial charge in [0.2, 0.25) is 0 Å². The maximum atomic E-state index is 5.85. The van der Waals surface area contributed by atoms with Gasteiger partial charge in [-0.25, -0.2) is 0 Å². The molecule has 0 fully saturated rings. The third kappa shape index (κ3) is 1.51. The van der Waals surface area contributed by atoms with Crippen LogP contribution >= 0.6 is 27.5 Å². The second-order valence-electron chi connectivity index (χ2n) is 1.85. The van der Waals surface area contributed by atoms with Gasteiger partial charge in [-0.1, -0.05) is 11.6 Å². The first kappa shape index (κ1) is 8.05. The third-order valence-electron chi connectivity index (χ3n) is 1.18. The second-order valence-corrected chi connectivity index (χ2v) is 3.08. The monoisotopic (exact) mass is 218 g/mol. The molecular formula is C7H6BrClN. The number of halogens is 2. The van der Waals surface area contributed by atoms with E-state index < -0.39 is 0 Å². The molecule has 0 aromatic heterocycles. The van der Waals surface area contributed by atoms with E-state index in [0.717, 1.165) is 10.0 Å². The van der Waals surface area contributed by atoms with Crippen molar-refractivity contribution in [3.05, 3.63) is 33.3 Å². The summed E-state index contributed by atoms with van der Waals surface area (Å²) in [5, 5.41) is 0.682. The number of hydrogen-bond acceptors (Lipinski definition) is 1. The predicted molar refractivity (Wildman–Crippen MR) is 45.9 cm³/mol. The first-order chi connectivity index (χ1) is 4.75. The number of benzene rings is 1. The van der Waals surface area contributed by atoms with E-state index >= 15 is 0 Å². The molecule has 2 N–H and O–H groups in total. The van der Waals surface area contributed by atoms with Crippen molar-refractivity contribution in [3.63, 3.8) is 0 Å². The lowest BCUT2D eigenvalue weighted by Gasteiger charge is -2.00. The van der Waals surface area contributed by atoms with E-state index in [0.29, 0.717) is 11.6 Å². The van der Waals surface area contributed by atoms with Crippen LogP contribution in [0.2, 0.25) is 5.02 Å². The molecule has 1 aromatic carbocycles. The Morgan fingerprint density at radius 1 is 1.60 bits per heavy atom. The van der Waals surface area contributed by atoms with Crippen LogP contribution in [0.4, 0.5) is 0 Å². The summed E-state index contributed by atoms with van der Waals surface area (Å²) in [6, 6.07) is 6.46. The van der Waals surface area contributed by atoms with Crippen LogP contribution in [0, 0.1) is 6.07 Å². The lowest BCUT2D eigenvalue weighted by molar-refractivity contribution is 1.07. The molecule has 0 saturated carbocycles. The summed E-state index contributed by atoms with van der Waals surface area (Å²) in [7, 11) is 0. The van der Waals surface area contributed by atoms with Crippen molar-refractivity contribution >= 4 is 27.5 Å². The number of nitrogens with two attached hydrogens (primary N) is 1. The van der Waals surface area contributed by atoms with Crippen molar-refractivity contribution in [2.24, 2.45) is 5.73 Å². The van der Waals surface area contributed by atoms with Crippen molar-refractivity contribution in [2.45, 2.75) is 6.54 Å². The average Bonchev–Trinajstić information content (AvgIpc) is 1.95. The molecule has 0 aliphatic carbocycles. The molecule has 0 bridgehead atoms. The molecule has 0 heterocycles. The van der Waals surface area contributed by atoms with Crippen molar-refractivity contribution < 1.29 is 0 Å². The van der Waals surface area contributed by atoms with Crippen molar-refractivity contribution in [3.8, 4) is 0 Å². The van der Waals surface area contributed by atoms with Crippen LogP contribution in [-0.2, 0) is 6.54 Å². The molecule has 0 aliphatic rings. The van der Waals surface area contributed by atoms with Gasteiger partial charge in [0.1, 0.15) is 0 Å². The zero-order chi connectivity index (χ0) is 7.56. The molecule has 3 heteroatoms. The number of hydrogen-bond donors (Lipinski definition) is 1. The lowest BCUT2D eigenvalue weighted by Crippen LogP contribution is -1.96. The normalized spacial score (nSPS) is 9.90. The van der Waals surface area contributed by atoms with E-state index in [9.17, 15) is 0 Å². The van der Waals surface area contributed by atoms with E-state index in [-0.39, 0.29) is 0 Å². The zero-order valence-electron chi connectivity index (χ0n) is 5.20. The minimum atomic E-state index is 0.453. The minimum absolute atomic E-state index is 0.453. The summed E-state index contributed by atoms with van der Waals surface area (Å²) < 4.78 is 0.845. The molecule has 1 aromatic rings. The Hall–Kier alpha value is -0.0500. The quantitative estimate of drug-likeness (QED) is 0.771. The van der Waals surface area contributed by atoms with Crippen LogP contribution in [0.3, 0.4) is 0 Å². The second kappa shape index (κ2) is 3.37. The van der Waals surface area contributed by atoms with Gasteiger partial charge in [-0.15, -0.1) is 0 Å². The first-order valence-corrected chi connectivity index (χ1v) is 3.97. The van der Waals surface area contributed by atoms with E-state index in [1.807, 2.05) is 0 Å². The highest BCUT2D eigenvalue weighted by Crippen LogP contribution is 2.24. The van der Waals surface area contributed by atoms with Gasteiger partial charge >= 0.3 is 0 Å². The molecule has 53 valence electrons. The van der Waals surface area contributed by atoms with Crippen LogP contribution in [0.25, 0.3) is 0 Å². The Kier molecular flexibility index (Phi) is 2.72. The molecule has 10 heavy (non-hydrogen) atoms. The van der Waals surface area contributed by atoms with Crippen LogP contribution in [0.1, 0.15) is 5.56 Å². The van der Waals surface area contributed by atoms with Crippen LogP contribution in [0.15, 0.2) is 16.6 Å². The van der Waals surface area contributed by atoms with Crippen molar-refractivity contribution in [2.75, 3.05) is 0 Å². The standard InChI is InChI=1S/C7H6BrClN/c8-6-3-1-2-5(4-10)7(6)9/h2-3H,4,10H2. The summed E-state index contributed by atoms with van der Waals surface area (Å²) in [5.74, 6) is 0. The van der Waals surface area contributed by atoms with Gasteiger partial charge in [-0.3, -0.25) is 0 Å². The smallest absolute Gasteiger partial charge is 0.0593 e. The number of rotatable bonds is 1. The molecule has 0 saturated heterocycles. The Morgan fingerprint density at radius 2 is 2.30 bits per heavy atom. The molecule has 1 rings (SSSR count). The summed E-state index contributed by atoms with van der Waals surface area (Å²) >= 11 is 9.11. The van der Waals surface area contributed by atoms with E-state index in [1.165, 1.54) is 0 Å². The minimum Gasteiger partial charge on any atom is -0.326 e. The molecule has 0 atom stereocenters. The topological polar surface area (TPSA) is 26.0 Å². The Labute approximate surface area is 73.3 Å². The van der Waals surface area contributed by atoms with Gasteiger partial charge < -0.3 is 5.73 Å². The fraction of sp³-hybridized carbons (Fsp3) is 0.143. The van der Waals surface area contributed by atoms with Gasteiger partial charge in [0.25, 0.3) is 0 Å². The summed E-state index contributed by atoms with van der Waals surface area (Å²) in [4.78, 5) is 0. The van der Waals surface area contributed by atoms with Crippen molar-refractivity contribution in [1.29, 1.82) is 0 Å². The zero-order valence-corrected chi connectivity index (χ0v) is 7.54. The van der Waals surface area contributed by atoms with Gasteiger partial charge in [0.05, 0.1) is 5.02 Å². The summed E-state index contributed by atoms with van der Waals surface area (Å²) in [6.45, 7) is 0.453. The Bertz CT molecular complexity index is 237. The highest BCUT2D eigenvalue weighted by atomic mass is 79.9. The van der Waals surface area contributed by atoms with E-state index in [2.05, 4.69) is 22.0 Å². The van der Waals surface area contributed by atoms with Crippen molar-refractivity contribution in [1.82, 2.24) is 0 Å². The maximum absolute atomic E-state index is 5.85. The maximum Gasteiger partial charge on any atom is 0.0593 e. The molecule has 1 radical (unpaired) electrons. The fourth-order valence-corrected chi connectivity index (χ4v) is 1.22. The van der Waals surface area contributed by atoms with Crippen LogP contribution in [0.5, 0.6) is 0 Å². The largest absolute Gasteiger partial charge is 0.326 e. The van der Waals surface area contributed by atoms with Crippen LogP contribution < -0.4 is 5.73 Å². The summed E-state index contributed by atoms with van der Waals surface area (Å²) in [5.41, 5.74) is 6.31. The van der Waals surface area contributed by atoms with Gasteiger partial charge in [-0.05, 0) is 39.7 Å². The highest BCUT2D eigenvalue weighted by Gasteiger charge is 2.00. The SMILES string of the molecule is NCc1c[c]cc(Br)c1Cl.